The number of thiophene rings is 1. The predicted molar refractivity (Wildman–Crippen MR) is 83.5 cm³/mol. The Hall–Kier alpha value is -0.400. The molecule has 0 saturated carbocycles. The molecule has 0 aliphatic rings. The van der Waals surface area contributed by atoms with Crippen molar-refractivity contribution >= 4 is 38.9 Å². The standard InChI is InChI=1S/C12H16BrClN4S/c1-3-4-18-11(8(14)6-16-18)10(17-15)9-5-7(2)12(13)19-9/h5-6,10,17H,3-4,15H2,1-2H3. The lowest BCUT2D eigenvalue weighted by molar-refractivity contribution is 0.524. The SMILES string of the molecule is CCCn1ncc(Cl)c1C(NN)c1cc(C)c(Br)s1. The van der Waals surface area contributed by atoms with Crippen molar-refractivity contribution in [2.24, 2.45) is 5.84 Å². The number of hydrogen-bond acceptors (Lipinski definition) is 4. The van der Waals surface area contributed by atoms with Crippen LogP contribution in [0.5, 0.6) is 0 Å². The van der Waals surface area contributed by atoms with Crippen LogP contribution in [-0.4, -0.2) is 9.78 Å². The van der Waals surface area contributed by atoms with Gasteiger partial charge in [0.2, 0.25) is 0 Å². The number of halogens is 2. The highest BCUT2D eigenvalue weighted by molar-refractivity contribution is 9.11. The first-order valence-electron chi connectivity index (χ1n) is 6.01. The van der Waals surface area contributed by atoms with Gasteiger partial charge >= 0.3 is 0 Å². The number of hydrogen-bond donors (Lipinski definition) is 2. The smallest absolute Gasteiger partial charge is 0.0985 e. The van der Waals surface area contributed by atoms with E-state index in [2.05, 4.69) is 46.4 Å². The van der Waals surface area contributed by atoms with E-state index in [4.69, 9.17) is 17.4 Å². The molecule has 3 N–H and O–H groups in total. The molecule has 0 fully saturated rings. The van der Waals surface area contributed by atoms with Crippen LogP contribution in [0.25, 0.3) is 0 Å². The summed E-state index contributed by atoms with van der Waals surface area (Å²) in [7, 11) is 0. The van der Waals surface area contributed by atoms with E-state index in [0.29, 0.717) is 5.02 Å². The second kappa shape index (κ2) is 6.37. The summed E-state index contributed by atoms with van der Waals surface area (Å²) < 4.78 is 3.02. The van der Waals surface area contributed by atoms with E-state index in [-0.39, 0.29) is 6.04 Å². The highest BCUT2D eigenvalue weighted by Gasteiger charge is 2.23. The van der Waals surface area contributed by atoms with Crippen LogP contribution in [0.1, 0.15) is 35.5 Å². The maximum Gasteiger partial charge on any atom is 0.0985 e. The summed E-state index contributed by atoms with van der Waals surface area (Å²) in [6.45, 7) is 4.99. The van der Waals surface area contributed by atoms with Crippen molar-refractivity contribution in [2.75, 3.05) is 0 Å². The Labute approximate surface area is 130 Å². The largest absolute Gasteiger partial charge is 0.270 e. The Morgan fingerprint density at radius 1 is 1.63 bits per heavy atom. The second-order valence-corrected chi connectivity index (χ2v) is 7.11. The quantitative estimate of drug-likeness (QED) is 0.630. The van der Waals surface area contributed by atoms with Crippen LogP contribution in [0, 0.1) is 6.92 Å². The van der Waals surface area contributed by atoms with Gasteiger partial charge in [-0.3, -0.25) is 10.5 Å². The van der Waals surface area contributed by atoms with E-state index in [1.54, 1.807) is 17.5 Å². The fraction of sp³-hybridized carbons (Fsp3) is 0.417. The van der Waals surface area contributed by atoms with Crippen LogP contribution in [-0.2, 0) is 6.54 Å². The van der Waals surface area contributed by atoms with Crippen LogP contribution < -0.4 is 11.3 Å². The average molecular weight is 364 g/mol. The van der Waals surface area contributed by atoms with E-state index in [1.807, 2.05) is 4.68 Å². The minimum atomic E-state index is -0.142. The highest BCUT2D eigenvalue weighted by atomic mass is 79.9. The Kier molecular flexibility index (Phi) is 5.03. The van der Waals surface area contributed by atoms with E-state index in [0.717, 1.165) is 27.3 Å². The predicted octanol–water partition coefficient (Wildman–Crippen LogP) is 3.63. The lowest BCUT2D eigenvalue weighted by Crippen LogP contribution is -2.30. The third-order valence-corrected chi connectivity index (χ3v) is 5.36. The third kappa shape index (κ3) is 3.03. The molecule has 0 aromatic carbocycles. The Morgan fingerprint density at radius 3 is 2.89 bits per heavy atom. The van der Waals surface area contributed by atoms with Crippen molar-refractivity contribution in [2.45, 2.75) is 32.9 Å². The lowest BCUT2D eigenvalue weighted by atomic mass is 10.1. The molecule has 0 bridgehead atoms. The number of rotatable bonds is 5. The van der Waals surface area contributed by atoms with Gasteiger partial charge in [-0.25, -0.2) is 5.43 Å². The normalized spacial score (nSPS) is 12.9. The maximum absolute atomic E-state index is 6.26. The number of hydrazine groups is 1. The first-order chi connectivity index (χ1) is 9.08. The molecule has 2 rings (SSSR count). The first-order valence-corrected chi connectivity index (χ1v) is 8.00. The van der Waals surface area contributed by atoms with Crippen molar-refractivity contribution in [1.29, 1.82) is 0 Å². The molecule has 2 aromatic heterocycles. The molecule has 0 aliphatic carbocycles. The van der Waals surface area contributed by atoms with Crippen LogP contribution in [0.4, 0.5) is 0 Å². The minimum absolute atomic E-state index is 0.142. The summed E-state index contributed by atoms with van der Waals surface area (Å²) in [6, 6.07) is 1.97. The molecule has 0 saturated heterocycles. The van der Waals surface area contributed by atoms with Crippen molar-refractivity contribution in [3.8, 4) is 0 Å². The highest BCUT2D eigenvalue weighted by Crippen LogP contribution is 2.36. The molecule has 2 aromatic rings. The zero-order chi connectivity index (χ0) is 14.0. The zero-order valence-electron chi connectivity index (χ0n) is 10.8. The van der Waals surface area contributed by atoms with E-state index < -0.39 is 0 Å². The summed E-state index contributed by atoms with van der Waals surface area (Å²) in [5, 5.41) is 4.95. The van der Waals surface area contributed by atoms with E-state index >= 15 is 0 Å². The Morgan fingerprint density at radius 2 is 2.37 bits per heavy atom. The number of nitrogens with one attached hydrogen (secondary N) is 1. The van der Waals surface area contributed by atoms with Crippen LogP contribution in [0.2, 0.25) is 5.02 Å². The molecule has 1 unspecified atom stereocenters. The van der Waals surface area contributed by atoms with Gasteiger partial charge in [0.1, 0.15) is 0 Å². The molecule has 19 heavy (non-hydrogen) atoms. The molecule has 0 amide bonds. The molecule has 1 atom stereocenters. The van der Waals surface area contributed by atoms with Gasteiger partial charge in [0, 0.05) is 11.4 Å². The fourth-order valence-corrected chi connectivity index (χ4v) is 3.86. The van der Waals surface area contributed by atoms with Crippen LogP contribution in [0.3, 0.4) is 0 Å². The van der Waals surface area contributed by atoms with E-state index in [1.165, 1.54) is 5.56 Å². The minimum Gasteiger partial charge on any atom is -0.270 e. The molecule has 0 aliphatic heterocycles. The number of aromatic nitrogens is 2. The average Bonchev–Trinajstić information content (AvgIpc) is 2.88. The summed E-state index contributed by atoms with van der Waals surface area (Å²) in [5.74, 6) is 5.73. The maximum atomic E-state index is 6.26. The zero-order valence-corrected chi connectivity index (χ0v) is 13.9. The van der Waals surface area contributed by atoms with Gasteiger partial charge in [0.15, 0.2) is 0 Å². The fourth-order valence-electron chi connectivity index (χ4n) is 1.97. The molecule has 0 radical (unpaired) electrons. The molecule has 7 heteroatoms. The van der Waals surface area contributed by atoms with Gasteiger partial charge in [0.05, 0.1) is 26.7 Å². The topological polar surface area (TPSA) is 55.9 Å². The molecular formula is C12H16BrClN4S. The Balaban J connectivity index is 2.44. The monoisotopic (exact) mass is 362 g/mol. The summed E-state index contributed by atoms with van der Waals surface area (Å²) in [4.78, 5) is 1.12. The van der Waals surface area contributed by atoms with Crippen molar-refractivity contribution < 1.29 is 0 Å². The van der Waals surface area contributed by atoms with Crippen molar-refractivity contribution in [1.82, 2.24) is 15.2 Å². The summed E-state index contributed by atoms with van der Waals surface area (Å²) in [5.41, 5.74) is 4.95. The molecular weight excluding hydrogens is 348 g/mol. The number of nitrogens with zero attached hydrogens (tertiary/aromatic N) is 2. The van der Waals surface area contributed by atoms with Crippen molar-refractivity contribution in [3.63, 3.8) is 0 Å². The second-order valence-electron chi connectivity index (χ2n) is 4.31. The molecule has 0 spiro atoms. The van der Waals surface area contributed by atoms with Crippen LogP contribution in [0.15, 0.2) is 16.0 Å². The van der Waals surface area contributed by atoms with Gasteiger partial charge in [-0.2, -0.15) is 5.10 Å². The van der Waals surface area contributed by atoms with Gasteiger partial charge in [-0.1, -0.05) is 18.5 Å². The Bertz CT molecular complexity index is 547. The van der Waals surface area contributed by atoms with Crippen LogP contribution >= 0.6 is 38.9 Å². The lowest BCUT2D eigenvalue weighted by Gasteiger charge is -2.17. The van der Waals surface area contributed by atoms with Gasteiger partial charge < -0.3 is 0 Å². The molecule has 4 nitrogen and oxygen atoms in total. The number of nitrogens with two attached hydrogens (primary N) is 1. The van der Waals surface area contributed by atoms with E-state index in [9.17, 15) is 0 Å². The summed E-state index contributed by atoms with van der Waals surface area (Å²) in [6.07, 6.45) is 2.67. The third-order valence-electron chi connectivity index (χ3n) is 2.87. The van der Waals surface area contributed by atoms with Gasteiger partial charge in [0.25, 0.3) is 0 Å². The van der Waals surface area contributed by atoms with Gasteiger partial charge in [-0.05, 0) is 40.9 Å². The molecule has 2 heterocycles. The van der Waals surface area contributed by atoms with Crippen molar-refractivity contribution in [3.05, 3.63) is 37.2 Å². The summed E-state index contributed by atoms with van der Waals surface area (Å²) >= 11 is 11.5. The first kappa shape index (κ1) is 15.0. The number of aryl methyl sites for hydroxylation is 2. The molecule has 104 valence electrons. The van der Waals surface area contributed by atoms with Gasteiger partial charge in [-0.15, -0.1) is 11.3 Å².